The van der Waals surface area contributed by atoms with Crippen LogP contribution in [0.4, 0.5) is 5.69 Å². The number of rotatable bonds is 6. The van der Waals surface area contributed by atoms with Gasteiger partial charge in [-0.3, -0.25) is 4.79 Å². The van der Waals surface area contributed by atoms with Crippen molar-refractivity contribution in [1.29, 1.82) is 0 Å². The van der Waals surface area contributed by atoms with E-state index in [2.05, 4.69) is 10.4 Å². The average Bonchev–Trinajstić information content (AvgIpc) is 2.38. The molecule has 0 bridgehead atoms. The number of halogens is 1. The maximum absolute atomic E-state index is 11.9. The molecule has 18 heavy (non-hydrogen) atoms. The summed E-state index contributed by atoms with van der Waals surface area (Å²) in [6.07, 6.45) is 3.06. The average molecular weight is 274 g/mol. The standard InChI is InChI=1S/C12H20ClN3O2/c1-4-6-16-11(18)10(13)9(7-14-16)15-12(3,5-2)8-17/h7,15,17H,4-6,8H2,1-3H3. The van der Waals surface area contributed by atoms with E-state index in [-0.39, 0.29) is 17.2 Å². The summed E-state index contributed by atoms with van der Waals surface area (Å²) in [5.74, 6) is 0. The van der Waals surface area contributed by atoms with E-state index in [0.29, 0.717) is 18.7 Å². The van der Waals surface area contributed by atoms with E-state index >= 15 is 0 Å². The Hall–Kier alpha value is -1.07. The molecule has 102 valence electrons. The highest BCUT2D eigenvalue weighted by atomic mass is 35.5. The molecule has 1 atom stereocenters. The zero-order chi connectivity index (χ0) is 13.8. The van der Waals surface area contributed by atoms with Gasteiger partial charge >= 0.3 is 0 Å². The lowest BCUT2D eigenvalue weighted by Crippen LogP contribution is -2.39. The predicted molar refractivity (Wildman–Crippen MR) is 73.2 cm³/mol. The van der Waals surface area contributed by atoms with E-state index in [4.69, 9.17) is 11.6 Å². The molecule has 0 saturated heterocycles. The molecule has 0 aliphatic heterocycles. The second-order valence-corrected chi connectivity index (χ2v) is 4.98. The fourth-order valence-electron chi connectivity index (χ4n) is 1.49. The van der Waals surface area contributed by atoms with Gasteiger partial charge in [0.05, 0.1) is 24.0 Å². The van der Waals surface area contributed by atoms with Crippen LogP contribution in [-0.2, 0) is 6.54 Å². The SMILES string of the molecule is CCCn1ncc(NC(C)(CC)CO)c(Cl)c1=O. The number of aliphatic hydroxyl groups is 1. The van der Waals surface area contributed by atoms with Gasteiger partial charge in [-0.05, 0) is 19.8 Å². The maximum Gasteiger partial charge on any atom is 0.287 e. The van der Waals surface area contributed by atoms with Crippen molar-refractivity contribution in [2.75, 3.05) is 11.9 Å². The van der Waals surface area contributed by atoms with Gasteiger partial charge in [0.2, 0.25) is 0 Å². The minimum atomic E-state index is -0.505. The van der Waals surface area contributed by atoms with Crippen molar-refractivity contribution in [3.05, 3.63) is 21.6 Å². The summed E-state index contributed by atoms with van der Waals surface area (Å²) in [6.45, 7) is 6.28. The fraction of sp³-hybridized carbons (Fsp3) is 0.667. The smallest absolute Gasteiger partial charge is 0.287 e. The summed E-state index contributed by atoms with van der Waals surface area (Å²) in [6, 6.07) is 0. The Morgan fingerprint density at radius 3 is 2.72 bits per heavy atom. The number of hydrogen-bond acceptors (Lipinski definition) is 4. The highest BCUT2D eigenvalue weighted by Crippen LogP contribution is 2.22. The number of nitrogens with zero attached hydrogens (tertiary/aromatic N) is 2. The van der Waals surface area contributed by atoms with Crippen molar-refractivity contribution in [2.24, 2.45) is 0 Å². The normalized spacial score (nSPS) is 14.3. The zero-order valence-electron chi connectivity index (χ0n) is 11.0. The Morgan fingerprint density at radius 2 is 2.22 bits per heavy atom. The third kappa shape index (κ3) is 3.23. The predicted octanol–water partition coefficient (Wildman–Crippen LogP) is 1.88. The van der Waals surface area contributed by atoms with Crippen molar-refractivity contribution in [2.45, 2.75) is 45.7 Å². The number of aromatic nitrogens is 2. The summed E-state index contributed by atoms with van der Waals surface area (Å²) in [5, 5.41) is 16.6. The molecule has 0 fully saturated rings. The summed E-state index contributed by atoms with van der Waals surface area (Å²) in [7, 11) is 0. The Balaban J connectivity index is 3.06. The van der Waals surface area contributed by atoms with Crippen LogP contribution in [0.25, 0.3) is 0 Å². The quantitative estimate of drug-likeness (QED) is 0.830. The Labute approximate surface area is 112 Å². The molecule has 0 spiro atoms. The second kappa shape index (κ2) is 6.20. The van der Waals surface area contributed by atoms with Gasteiger partial charge in [0.25, 0.3) is 5.56 Å². The number of anilines is 1. The van der Waals surface area contributed by atoms with Crippen LogP contribution in [0.3, 0.4) is 0 Å². The van der Waals surface area contributed by atoms with Gasteiger partial charge in [-0.2, -0.15) is 5.10 Å². The molecule has 6 heteroatoms. The first-order valence-electron chi connectivity index (χ1n) is 6.12. The first-order chi connectivity index (χ1) is 8.47. The Morgan fingerprint density at radius 1 is 1.56 bits per heavy atom. The van der Waals surface area contributed by atoms with E-state index in [1.54, 1.807) is 0 Å². The molecule has 2 N–H and O–H groups in total. The lowest BCUT2D eigenvalue weighted by molar-refractivity contribution is 0.219. The van der Waals surface area contributed by atoms with Crippen molar-refractivity contribution < 1.29 is 5.11 Å². The van der Waals surface area contributed by atoms with Crippen molar-refractivity contribution in [1.82, 2.24) is 9.78 Å². The van der Waals surface area contributed by atoms with Crippen LogP contribution in [0, 0.1) is 0 Å². The van der Waals surface area contributed by atoms with Crippen LogP contribution in [0.2, 0.25) is 5.02 Å². The Bertz CT molecular complexity index is 455. The minimum Gasteiger partial charge on any atom is -0.394 e. The van der Waals surface area contributed by atoms with Crippen molar-refractivity contribution in [3.8, 4) is 0 Å². The second-order valence-electron chi connectivity index (χ2n) is 4.60. The largest absolute Gasteiger partial charge is 0.394 e. The maximum atomic E-state index is 11.9. The molecule has 0 aliphatic rings. The van der Waals surface area contributed by atoms with Crippen molar-refractivity contribution >= 4 is 17.3 Å². The first kappa shape index (κ1) is 15.0. The molecule has 1 unspecified atom stereocenters. The molecule has 0 amide bonds. The van der Waals surface area contributed by atoms with E-state index in [0.717, 1.165) is 6.42 Å². The van der Waals surface area contributed by atoms with Gasteiger partial charge in [0.1, 0.15) is 5.02 Å². The fourth-order valence-corrected chi connectivity index (χ4v) is 1.68. The minimum absolute atomic E-state index is 0.0438. The van der Waals surface area contributed by atoms with Crippen LogP contribution < -0.4 is 10.9 Å². The molecule has 1 rings (SSSR count). The summed E-state index contributed by atoms with van der Waals surface area (Å²) >= 11 is 6.04. The lowest BCUT2D eigenvalue weighted by Gasteiger charge is -2.28. The van der Waals surface area contributed by atoms with E-state index in [1.807, 2.05) is 20.8 Å². The van der Waals surface area contributed by atoms with Crippen LogP contribution in [0.5, 0.6) is 0 Å². The van der Waals surface area contributed by atoms with Gasteiger partial charge < -0.3 is 10.4 Å². The first-order valence-corrected chi connectivity index (χ1v) is 6.50. The molecular formula is C12H20ClN3O2. The topological polar surface area (TPSA) is 67.2 Å². The lowest BCUT2D eigenvalue weighted by atomic mass is 10.00. The van der Waals surface area contributed by atoms with E-state index in [1.165, 1.54) is 10.9 Å². The van der Waals surface area contributed by atoms with Gasteiger partial charge in [-0.1, -0.05) is 25.4 Å². The number of aliphatic hydroxyl groups excluding tert-OH is 1. The molecular weight excluding hydrogens is 254 g/mol. The van der Waals surface area contributed by atoms with E-state index < -0.39 is 5.54 Å². The Kier molecular flexibility index (Phi) is 5.16. The van der Waals surface area contributed by atoms with E-state index in [9.17, 15) is 9.90 Å². The molecule has 1 aromatic heterocycles. The molecule has 0 aromatic carbocycles. The van der Waals surface area contributed by atoms with Crippen LogP contribution in [0.1, 0.15) is 33.6 Å². The number of hydrogen-bond donors (Lipinski definition) is 2. The third-order valence-electron chi connectivity index (χ3n) is 2.99. The summed E-state index contributed by atoms with van der Waals surface area (Å²) in [4.78, 5) is 11.9. The van der Waals surface area contributed by atoms with Gasteiger partial charge in [-0.15, -0.1) is 0 Å². The molecule has 0 saturated carbocycles. The molecule has 0 radical (unpaired) electrons. The molecule has 0 aliphatic carbocycles. The zero-order valence-corrected chi connectivity index (χ0v) is 11.8. The van der Waals surface area contributed by atoms with Crippen LogP contribution in [-0.4, -0.2) is 27.0 Å². The molecule has 1 aromatic rings. The van der Waals surface area contributed by atoms with Crippen LogP contribution in [0.15, 0.2) is 11.0 Å². The highest BCUT2D eigenvalue weighted by Gasteiger charge is 2.22. The van der Waals surface area contributed by atoms with Gasteiger partial charge in [0, 0.05) is 6.54 Å². The number of nitrogens with one attached hydrogen (secondary N) is 1. The number of aryl methyl sites for hydroxylation is 1. The monoisotopic (exact) mass is 273 g/mol. The van der Waals surface area contributed by atoms with Crippen molar-refractivity contribution in [3.63, 3.8) is 0 Å². The van der Waals surface area contributed by atoms with Gasteiger partial charge in [-0.25, -0.2) is 4.68 Å². The molecule has 5 nitrogen and oxygen atoms in total. The highest BCUT2D eigenvalue weighted by molar-refractivity contribution is 6.32. The summed E-state index contributed by atoms with van der Waals surface area (Å²) in [5.41, 5.74) is -0.346. The summed E-state index contributed by atoms with van der Waals surface area (Å²) < 4.78 is 1.34. The van der Waals surface area contributed by atoms with Gasteiger partial charge in [0.15, 0.2) is 0 Å². The van der Waals surface area contributed by atoms with Crippen LogP contribution >= 0.6 is 11.6 Å². The third-order valence-corrected chi connectivity index (χ3v) is 3.35. The molecule has 1 heterocycles.